The molecule has 3 rings (SSSR count). The molecule has 34 heavy (non-hydrogen) atoms. The molecule has 1 fully saturated rings. The first-order valence-corrected chi connectivity index (χ1v) is 11.0. The molecule has 0 aromatic heterocycles. The summed E-state index contributed by atoms with van der Waals surface area (Å²) in [5.41, 5.74) is 2.61. The number of aliphatic carboxylic acids is 1. The van der Waals surface area contributed by atoms with Crippen LogP contribution in [0.5, 0.6) is 11.5 Å². The number of carboxylic acids is 1. The van der Waals surface area contributed by atoms with Gasteiger partial charge >= 0.3 is 5.97 Å². The van der Waals surface area contributed by atoms with Gasteiger partial charge in [-0.15, -0.1) is 0 Å². The van der Waals surface area contributed by atoms with Crippen LogP contribution in [0, 0.1) is 5.92 Å². The molecular weight excluding hydrogens is 440 g/mol. The van der Waals surface area contributed by atoms with Crippen molar-refractivity contribution in [3.8, 4) is 22.6 Å². The molecule has 0 bridgehead atoms. The minimum absolute atomic E-state index is 0.110. The smallest absolute Gasteiger partial charge is 0.326 e. The van der Waals surface area contributed by atoms with Crippen molar-refractivity contribution in [3.63, 3.8) is 0 Å². The summed E-state index contributed by atoms with van der Waals surface area (Å²) in [6, 6.07) is 11.8. The molecule has 2 N–H and O–H groups in total. The van der Waals surface area contributed by atoms with Crippen LogP contribution in [0.3, 0.4) is 0 Å². The highest BCUT2D eigenvalue weighted by atomic mass is 16.6. The minimum atomic E-state index is -1.13. The van der Waals surface area contributed by atoms with Gasteiger partial charge in [0.25, 0.3) is 5.91 Å². The lowest BCUT2D eigenvalue weighted by Gasteiger charge is -2.23. The number of ether oxygens (including phenoxy) is 3. The van der Waals surface area contributed by atoms with Crippen LogP contribution < -0.4 is 14.8 Å². The third kappa shape index (κ3) is 6.05. The maximum Gasteiger partial charge on any atom is 0.326 e. The van der Waals surface area contributed by atoms with Crippen molar-refractivity contribution in [2.75, 3.05) is 34.5 Å². The molecule has 2 aromatic carbocycles. The lowest BCUT2D eigenvalue weighted by molar-refractivity contribution is -0.141. The number of nitrogens with one attached hydrogen (secondary N) is 1. The molecule has 0 aliphatic carbocycles. The Bertz CT molecular complexity index is 992. The maximum absolute atomic E-state index is 12.9. The van der Waals surface area contributed by atoms with Gasteiger partial charge in [0.15, 0.2) is 0 Å². The lowest BCUT2D eigenvalue weighted by Crippen LogP contribution is -2.47. The molecule has 0 unspecified atom stereocenters. The Hall–Kier alpha value is -3.59. The summed E-state index contributed by atoms with van der Waals surface area (Å²) in [7, 11) is 4.54. The molecule has 1 amide bonds. The van der Waals surface area contributed by atoms with Gasteiger partial charge in [-0.05, 0) is 36.1 Å². The van der Waals surface area contributed by atoms with Gasteiger partial charge in [-0.25, -0.2) is 4.79 Å². The standard InChI is InChI=1S/C25H30N2O7/c1-31-20-5-4-6-21(32-2)22(20)17-9-7-16(8-10-17)15-19(25(29)30)26-24(28)23(27-33-3)18-11-13-34-14-12-18/h4-10,18-19H,11-15H2,1-3H3,(H,26,28)(H,29,30)/t19-/m0/s1. The van der Waals surface area contributed by atoms with E-state index in [1.165, 1.54) is 7.11 Å². The van der Waals surface area contributed by atoms with Crippen LogP contribution in [0.4, 0.5) is 0 Å². The maximum atomic E-state index is 12.9. The van der Waals surface area contributed by atoms with Crippen LogP contribution in [0.25, 0.3) is 11.1 Å². The van der Waals surface area contributed by atoms with Crippen molar-refractivity contribution in [2.45, 2.75) is 25.3 Å². The molecule has 9 nitrogen and oxygen atoms in total. The van der Waals surface area contributed by atoms with Crippen molar-refractivity contribution in [1.82, 2.24) is 5.32 Å². The summed E-state index contributed by atoms with van der Waals surface area (Å²) in [6.07, 6.45) is 1.36. The van der Waals surface area contributed by atoms with Crippen molar-refractivity contribution in [3.05, 3.63) is 48.0 Å². The van der Waals surface area contributed by atoms with Gasteiger partial charge in [-0.1, -0.05) is 35.5 Å². The van der Waals surface area contributed by atoms with E-state index in [1.807, 2.05) is 42.5 Å². The zero-order valence-corrected chi connectivity index (χ0v) is 19.6. The van der Waals surface area contributed by atoms with Gasteiger partial charge in [0.05, 0.1) is 19.8 Å². The van der Waals surface area contributed by atoms with Gasteiger partial charge < -0.3 is 29.5 Å². The van der Waals surface area contributed by atoms with E-state index in [9.17, 15) is 14.7 Å². The highest BCUT2D eigenvalue weighted by Gasteiger charge is 2.29. The molecule has 0 saturated carbocycles. The average Bonchev–Trinajstić information content (AvgIpc) is 2.87. The monoisotopic (exact) mass is 470 g/mol. The third-order valence-electron chi connectivity index (χ3n) is 5.74. The van der Waals surface area contributed by atoms with Gasteiger partial charge in [0.1, 0.15) is 30.4 Å². The summed E-state index contributed by atoms with van der Waals surface area (Å²) in [5.74, 6) is -0.482. The van der Waals surface area contributed by atoms with Crippen molar-refractivity contribution >= 4 is 17.6 Å². The molecule has 1 aliphatic rings. The SMILES string of the molecule is CON=C(C(=O)N[C@@H](Cc1ccc(-c2c(OC)cccc2OC)cc1)C(=O)O)C1CCOCC1. The summed E-state index contributed by atoms with van der Waals surface area (Å²) in [4.78, 5) is 29.6. The Kier molecular flexibility index (Phi) is 8.86. The van der Waals surface area contributed by atoms with E-state index in [0.717, 1.165) is 16.7 Å². The number of benzene rings is 2. The zero-order chi connectivity index (χ0) is 24.5. The van der Waals surface area contributed by atoms with Crippen LogP contribution in [0.1, 0.15) is 18.4 Å². The van der Waals surface area contributed by atoms with E-state index in [0.29, 0.717) is 37.6 Å². The van der Waals surface area contributed by atoms with Gasteiger partial charge in [-0.2, -0.15) is 0 Å². The number of hydrogen-bond donors (Lipinski definition) is 2. The normalized spacial score (nSPS) is 15.3. The number of amides is 1. The Balaban J connectivity index is 1.76. The topological polar surface area (TPSA) is 116 Å². The largest absolute Gasteiger partial charge is 0.496 e. The first-order chi connectivity index (χ1) is 16.5. The molecule has 0 radical (unpaired) electrons. The number of carbonyl (C=O) groups is 2. The lowest BCUT2D eigenvalue weighted by atomic mass is 9.93. The van der Waals surface area contributed by atoms with E-state index >= 15 is 0 Å². The Morgan fingerprint density at radius 2 is 1.68 bits per heavy atom. The van der Waals surface area contributed by atoms with E-state index in [-0.39, 0.29) is 18.1 Å². The molecule has 9 heteroatoms. The minimum Gasteiger partial charge on any atom is -0.496 e. The Morgan fingerprint density at radius 1 is 1.06 bits per heavy atom. The molecule has 1 atom stereocenters. The van der Waals surface area contributed by atoms with Gasteiger partial charge in [0.2, 0.25) is 0 Å². The van der Waals surface area contributed by atoms with E-state index in [2.05, 4.69) is 10.5 Å². The molecule has 1 heterocycles. The van der Waals surface area contributed by atoms with E-state index in [4.69, 9.17) is 19.0 Å². The number of oxime groups is 1. The summed E-state index contributed by atoms with van der Waals surface area (Å²) in [6.45, 7) is 1.04. The highest BCUT2D eigenvalue weighted by Crippen LogP contribution is 2.38. The van der Waals surface area contributed by atoms with Crippen molar-refractivity contribution in [2.24, 2.45) is 11.1 Å². The summed E-state index contributed by atoms with van der Waals surface area (Å²) in [5, 5.41) is 16.2. The van der Waals surface area contributed by atoms with Crippen molar-refractivity contribution in [1.29, 1.82) is 0 Å². The van der Waals surface area contributed by atoms with Gasteiger partial charge in [0, 0.05) is 25.6 Å². The molecule has 1 aliphatic heterocycles. The van der Waals surface area contributed by atoms with Gasteiger partial charge in [-0.3, -0.25) is 4.79 Å². The average molecular weight is 471 g/mol. The third-order valence-corrected chi connectivity index (χ3v) is 5.74. The fourth-order valence-corrected chi connectivity index (χ4v) is 3.98. The first kappa shape index (κ1) is 25.0. The number of nitrogens with zero attached hydrogens (tertiary/aromatic N) is 1. The molecule has 182 valence electrons. The van der Waals surface area contributed by atoms with Crippen molar-refractivity contribution < 1.29 is 33.7 Å². The predicted molar refractivity (Wildman–Crippen MR) is 126 cm³/mol. The fraction of sp³-hybridized carbons (Fsp3) is 0.400. The number of hydrogen-bond acceptors (Lipinski definition) is 7. The van der Waals surface area contributed by atoms with Crippen LogP contribution in [0.15, 0.2) is 47.6 Å². The second-order valence-corrected chi connectivity index (χ2v) is 7.85. The summed E-state index contributed by atoms with van der Waals surface area (Å²) < 4.78 is 16.3. The second kappa shape index (κ2) is 12.0. The molecule has 1 saturated heterocycles. The van der Waals surface area contributed by atoms with Crippen LogP contribution in [-0.4, -0.2) is 63.3 Å². The summed E-state index contributed by atoms with van der Waals surface area (Å²) >= 11 is 0. The number of carbonyl (C=O) groups excluding carboxylic acids is 1. The van der Waals surface area contributed by atoms with Crippen LogP contribution in [-0.2, 0) is 25.6 Å². The van der Waals surface area contributed by atoms with E-state index in [1.54, 1.807) is 14.2 Å². The second-order valence-electron chi connectivity index (χ2n) is 7.85. The number of methoxy groups -OCH3 is 2. The zero-order valence-electron chi connectivity index (χ0n) is 19.6. The fourth-order valence-electron chi connectivity index (χ4n) is 3.98. The highest BCUT2D eigenvalue weighted by molar-refractivity contribution is 6.39. The first-order valence-electron chi connectivity index (χ1n) is 11.0. The Labute approximate surface area is 198 Å². The number of carboxylic acid groups (broad SMARTS) is 1. The molecular formula is C25H30N2O7. The van der Waals surface area contributed by atoms with Crippen LogP contribution in [0.2, 0.25) is 0 Å². The predicted octanol–water partition coefficient (Wildman–Crippen LogP) is 2.91. The number of rotatable bonds is 10. The quantitative estimate of drug-likeness (QED) is 0.405. The molecule has 0 spiro atoms. The van der Waals surface area contributed by atoms with Crippen LogP contribution >= 0.6 is 0 Å². The molecule has 2 aromatic rings. The Morgan fingerprint density at radius 3 is 2.21 bits per heavy atom. The van der Waals surface area contributed by atoms with E-state index < -0.39 is 17.9 Å².